The van der Waals surface area contributed by atoms with Crippen molar-refractivity contribution in [3.8, 4) is 11.3 Å². The predicted octanol–water partition coefficient (Wildman–Crippen LogP) is 3.51. The van der Waals surface area contributed by atoms with E-state index in [1.54, 1.807) is 6.07 Å². The molecule has 1 aromatic heterocycles. The Morgan fingerprint density at radius 3 is 2.24 bits per heavy atom. The summed E-state index contributed by atoms with van der Waals surface area (Å²) in [6.45, 7) is 0. The van der Waals surface area contributed by atoms with Gasteiger partial charge in [0.15, 0.2) is 6.29 Å². The summed E-state index contributed by atoms with van der Waals surface area (Å²) in [4.78, 5) is 13.3. The van der Waals surface area contributed by atoms with Crippen molar-refractivity contribution in [1.29, 1.82) is 0 Å². The molecular formula is C12H8F3NO. The lowest BCUT2D eigenvalue weighted by atomic mass is 10.1. The number of aromatic nitrogens is 1. The molecule has 1 heterocycles. The van der Waals surface area contributed by atoms with Crippen LogP contribution < -0.4 is 0 Å². The van der Waals surface area contributed by atoms with Gasteiger partial charge < -0.3 is 4.98 Å². The van der Waals surface area contributed by atoms with Gasteiger partial charge in [-0.2, -0.15) is 13.2 Å². The van der Waals surface area contributed by atoms with Crippen LogP contribution in [0.25, 0.3) is 11.3 Å². The van der Waals surface area contributed by atoms with Gasteiger partial charge in [-0.15, -0.1) is 0 Å². The standard InChI is InChI=1S/C12H8F3NO/c13-12(14,15)10-3-1-9(2-4-10)11-5-8(7-17)6-16-11/h1-7,16H. The lowest BCUT2D eigenvalue weighted by Crippen LogP contribution is -2.03. The van der Waals surface area contributed by atoms with E-state index in [1.807, 2.05) is 0 Å². The van der Waals surface area contributed by atoms with Crippen LogP contribution in [0.1, 0.15) is 15.9 Å². The quantitative estimate of drug-likeness (QED) is 0.799. The normalized spacial score (nSPS) is 11.5. The number of H-pyrrole nitrogens is 1. The Balaban J connectivity index is 2.32. The third kappa shape index (κ3) is 2.38. The average Bonchev–Trinajstić information content (AvgIpc) is 2.76. The topological polar surface area (TPSA) is 32.9 Å². The molecule has 0 aliphatic heterocycles. The predicted molar refractivity (Wildman–Crippen MR) is 56.6 cm³/mol. The van der Waals surface area contributed by atoms with Crippen molar-refractivity contribution in [2.75, 3.05) is 0 Å². The molecule has 0 atom stereocenters. The lowest BCUT2D eigenvalue weighted by Gasteiger charge is -2.06. The number of nitrogens with one attached hydrogen (secondary N) is 1. The molecule has 2 nitrogen and oxygen atoms in total. The second-order valence-corrected chi connectivity index (χ2v) is 3.54. The second kappa shape index (κ2) is 4.08. The molecule has 0 fully saturated rings. The fraction of sp³-hybridized carbons (Fsp3) is 0.0833. The van der Waals surface area contributed by atoms with Gasteiger partial charge in [-0.3, -0.25) is 4.79 Å². The number of halogens is 3. The van der Waals surface area contributed by atoms with Crippen molar-refractivity contribution >= 4 is 6.29 Å². The highest BCUT2D eigenvalue weighted by molar-refractivity contribution is 5.78. The van der Waals surface area contributed by atoms with Gasteiger partial charge in [-0.25, -0.2) is 0 Å². The Labute approximate surface area is 95.1 Å². The number of aldehydes is 1. The number of rotatable bonds is 2. The van der Waals surface area contributed by atoms with Gasteiger partial charge in [0.25, 0.3) is 0 Å². The molecule has 0 spiro atoms. The van der Waals surface area contributed by atoms with E-state index < -0.39 is 11.7 Å². The van der Waals surface area contributed by atoms with E-state index in [0.29, 0.717) is 23.1 Å². The maximum atomic E-state index is 12.3. The molecule has 0 radical (unpaired) electrons. The molecular weight excluding hydrogens is 231 g/mol. The number of benzene rings is 1. The summed E-state index contributed by atoms with van der Waals surface area (Å²) in [6, 6.07) is 6.33. The number of carbonyl (C=O) groups excluding carboxylic acids is 1. The van der Waals surface area contributed by atoms with Crippen molar-refractivity contribution in [2.45, 2.75) is 6.18 Å². The molecule has 0 unspecified atom stereocenters. The van der Waals surface area contributed by atoms with Crippen molar-refractivity contribution in [2.24, 2.45) is 0 Å². The Morgan fingerprint density at radius 2 is 1.76 bits per heavy atom. The molecule has 0 saturated carbocycles. The minimum absolute atomic E-state index is 0.458. The van der Waals surface area contributed by atoms with Gasteiger partial charge in [-0.1, -0.05) is 12.1 Å². The van der Waals surface area contributed by atoms with Crippen LogP contribution in [0.2, 0.25) is 0 Å². The Morgan fingerprint density at radius 1 is 1.12 bits per heavy atom. The number of alkyl halides is 3. The Kier molecular flexibility index (Phi) is 2.75. The molecule has 0 saturated heterocycles. The van der Waals surface area contributed by atoms with Crippen LogP contribution in [-0.4, -0.2) is 11.3 Å². The van der Waals surface area contributed by atoms with Crippen LogP contribution in [0, 0.1) is 0 Å². The monoisotopic (exact) mass is 239 g/mol. The molecule has 0 aliphatic carbocycles. The first kappa shape index (κ1) is 11.4. The van der Waals surface area contributed by atoms with Crippen molar-refractivity contribution in [1.82, 2.24) is 4.98 Å². The van der Waals surface area contributed by atoms with Crippen LogP contribution in [-0.2, 0) is 6.18 Å². The fourth-order valence-corrected chi connectivity index (χ4v) is 1.48. The highest BCUT2D eigenvalue weighted by Crippen LogP contribution is 2.30. The summed E-state index contributed by atoms with van der Waals surface area (Å²) in [6.07, 6.45) is -2.16. The summed E-state index contributed by atoms with van der Waals surface area (Å²) >= 11 is 0. The zero-order valence-corrected chi connectivity index (χ0v) is 8.58. The van der Waals surface area contributed by atoms with Crippen LogP contribution in [0.3, 0.4) is 0 Å². The first-order valence-electron chi connectivity index (χ1n) is 4.82. The number of hydrogen-bond acceptors (Lipinski definition) is 1. The van der Waals surface area contributed by atoms with E-state index in [0.717, 1.165) is 12.1 Å². The smallest absolute Gasteiger partial charge is 0.360 e. The summed E-state index contributed by atoms with van der Waals surface area (Å²) in [5, 5.41) is 0. The first-order valence-corrected chi connectivity index (χ1v) is 4.82. The van der Waals surface area contributed by atoms with E-state index in [-0.39, 0.29) is 0 Å². The molecule has 1 N–H and O–H groups in total. The average molecular weight is 239 g/mol. The summed E-state index contributed by atoms with van der Waals surface area (Å²) < 4.78 is 37.0. The Bertz CT molecular complexity index is 525. The number of aromatic amines is 1. The third-order valence-electron chi connectivity index (χ3n) is 2.36. The van der Waals surface area contributed by atoms with Crippen molar-refractivity contribution in [3.05, 3.63) is 47.7 Å². The first-order chi connectivity index (χ1) is 8.00. The zero-order chi connectivity index (χ0) is 12.5. The Hall–Kier alpha value is -2.04. The van der Waals surface area contributed by atoms with Gasteiger partial charge in [0, 0.05) is 17.5 Å². The molecule has 88 valence electrons. The highest BCUT2D eigenvalue weighted by atomic mass is 19.4. The summed E-state index contributed by atoms with van der Waals surface area (Å²) in [5.74, 6) is 0. The maximum absolute atomic E-state index is 12.3. The fourth-order valence-electron chi connectivity index (χ4n) is 1.48. The van der Waals surface area contributed by atoms with E-state index in [2.05, 4.69) is 4.98 Å². The molecule has 0 amide bonds. The minimum Gasteiger partial charge on any atom is -0.360 e. The van der Waals surface area contributed by atoms with Crippen LogP contribution >= 0.6 is 0 Å². The van der Waals surface area contributed by atoms with E-state index >= 15 is 0 Å². The molecule has 0 aliphatic rings. The molecule has 2 rings (SSSR count). The molecule has 1 aromatic carbocycles. The molecule has 0 bridgehead atoms. The summed E-state index contributed by atoms with van der Waals surface area (Å²) in [5.41, 5.74) is 0.982. The lowest BCUT2D eigenvalue weighted by molar-refractivity contribution is -0.137. The number of hydrogen-bond donors (Lipinski definition) is 1. The molecule has 5 heteroatoms. The summed E-state index contributed by atoms with van der Waals surface area (Å²) in [7, 11) is 0. The van der Waals surface area contributed by atoms with Crippen LogP contribution in [0.15, 0.2) is 36.5 Å². The van der Waals surface area contributed by atoms with Crippen molar-refractivity contribution in [3.63, 3.8) is 0 Å². The highest BCUT2D eigenvalue weighted by Gasteiger charge is 2.29. The SMILES string of the molecule is O=Cc1c[nH]c(-c2ccc(C(F)(F)F)cc2)c1. The van der Waals surface area contributed by atoms with Crippen molar-refractivity contribution < 1.29 is 18.0 Å². The van der Waals surface area contributed by atoms with Gasteiger partial charge in [0.2, 0.25) is 0 Å². The molecule has 17 heavy (non-hydrogen) atoms. The number of carbonyl (C=O) groups is 1. The zero-order valence-electron chi connectivity index (χ0n) is 8.58. The van der Waals surface area contributed by atoms with E-state index in [4.69, 9.17) is 0 Å². The third-order valence-corrected chi connectivity index (χ3v) is 2.36. The van der Waals surface area contributed by atoms with Crippen LogP contribution in [0.4, 0.5) is 13.2 Å². The van der Waals surface area contributed by atoms with Gasteiger partial charge in [-0.05, 0) is 23.8 Å². The largest absolute Gasteiger partial charge is 0.416 e. The van der Waals surface area contributed by atoms with Crippen LogP contribution in [0.5, 0.6) is 0 Å². The molecule has 2 aromatic rings. The van der Waals surface area contributed by atoms with E-state index in [9.17, 15) is 18.0 Å². The van der Waals surface area contributed by atoms with Gasteiger partial charge >= 0.3 is 6.18 Å². The maximum Gasteiger partial charge on any atom is 0.416 e. The van der Waals surface area contributed by atoms with Gasteiger partial charge in [0.05, 0.1) is 5.56 Å². The minimum atomic E-state index is -4.33. The second-order valence-electron chi connectivity index (χ2n) is 3.54. The van der Waals surface area contributed by atoms with Gasteiger partial charge in [0.1, 0.15) is 0 Å². The van der Waals surface area contributed by atoms with E-state index in [1.165, 1.54) is 18.3 Å².